The van der Waals surface area contributed by atoms with Gasteiger partial charge in [-0.1, -0.05) is 23.5 Å². The van der Waals surface area contributed by atoms with Crippen molar-refractivity contribution < 1.29 is 17.9 Å². The van der Waals surface area contributed by atoms with Crippen molar-refractivity contribution in [3.8, 4) is 0 Å². The van der Waals surface area contributed by atoms with Crippen LogP contribution in [0.4, 0.5) is 5.13 Å². The number of hydrogen-bond acceptors (Lipinski definition) is 8. The van der Waals surface area contributed by atoms with Gasteiger partial charge in [-0.2, -0.15) is 0 Å². The van der Waals surface area contributed by atoms with Crippen molar-refractivity contribution in [3.63, 3.8) is 0 Å². The predicted molar refractivity (Wildman–Crippen MR) is 137 cm³/mol. The van der Waals surface area contributed by atoms with E-state index in [1.807, 2.05) is 18.4 Å². The molecule has 1 aromatic heterocycles. The number of halogens is 1. The summed E-state index contributed by atoms with van der Waals surface area (Å²) in [5.74, 6) is -0.358. The van der Waals surface area contributed by atoms with E-state index < -0.39 is 9.84 Å². The van der Waals surface area contributed by atoms with E-state index in [9.17, 15) is 13.2 Å². The SMILES string of the molecule is CSc1ccc2nc(N(CCN3CCOCC3)C(=O)c3ccccc3S(C)(=O)=O)sc2c1.Cl. The minimum absolute atomic E-state index is 0. The van der Waals surface area contributed by atoms with Crippen molar-refractivity contribution in [2.45, 2.75) is 9.79 Å². The van der Waals surface area contributed by atoms with E-state index >= 15 is 0 Å². The Labute approximate surface area is 208 Å². The number of carbonyl (C=O) groups is 1. The average molecular weight is 528 g/mol. The van der Waals surface area contributed by atoms with Crippen LogP contribution in [-0.2, 0) is 14.6 Å². The number of aromatic nitrogens is 1. The highest BCUT2D eigenvalue weighted by atomic mass is 35.5. The van der Waals surface area contributed by atoms with Crippen LogP contribution in [0.15, 0.2) is 52.3 Å². The largest absolute Gasteiger partial charge is 0.379 e. The molecule has 1 aliphatic rings. The molecule has 11 heteroatoms. The summed E-state index contributed by atoms with van der Waals surface area (Å²) >= 11 is 3.10. The number of carbonyl (C=O) groups excluding carboxylic acids is 1. The second-order valence-corrected chi connectivity index (χ2v) is 11.4. The zero-order valence-electron chi connectivity index (χ0n) is 18.4. The zero-order chi connectivity index (χ0) is 22.7. The Morgan fingerprint density at radius 3 is 2.64 bits per heavy atom. The lowest BCUT2D eigenvalue weighted by atomic mass is 10.2. The van der Waals surface area contributed by atoms with Crippen molar-refractivity contribution in [2.24, 2.45) is 0 Å². The highest BCUT2D eigenvalue weighted by Gasteiger charge is 2.27. The number of nitrogens with zero attached hydrogens (tertiary/aromatic N) is 3. The van der Waals surface area contributed by atoms with E-state index in [-0.39, 0.29) is 28.8 Å². The molecule has 0 spiro atoms. The van der Waals surface area contributed by atoms with Crippen LogP contribution < -0.4 is 4.90 Å². The number of ether oxygens (including phenoxy) is 1. The molecular weight excluding hydrogens is 502 g/mol. The highest BCUT2D eigenvalue weighted by Crippen LogP contribution is 2.33. The standard InChI is InChI=1S/C22H25N3O4S3.ClH/c1-30-16-7-8-18-19(15-16)31-22(23-18)25(10-9-24-11-13-29-14-12-24)21(26)17-5-3-4-6-20(17)32(2,27)28;/h3-8,15H,9-14H2,1-2H3;1H. The quantitative estimate of drug-likeness (QED) is 0.432. The van der Waals surface area contributed by atoms with Crippen molar-refractivity contribution in [1.82, 2.24) is 9.88 Å². The predicted octanol–water partition coefficient (Wildman–Crippen LogP) is 3.82. The van der Waals surface area contributed by atoms with E-state index in [0.717, 1.165) is 34.5 Å². The molecule has 2 heterocycles. The molecule has 0 saturated carbocycles. The van der Waals surface area contributed by atoms with Gasteiger partial charge in [-0.15, -0.1) is 24.2 Å². The molecule has 0 N–H and O–H groups in total. The van der Waals surface area contributed by atoms with E-state index in [1.54, 1.807) is 34.9 Å². The van der Waals surface area contributed by atoms with Gasteiger partial charge in [-0.05, 0) is 36.6 Å². The summed E-state index contributed by atoms with van der Waals surface area (Å²) in [5.41, 5.74) is 0.990. The van der Waals surface area contributed by atoms with Gasteiger partial charge in [0.1, 0.15) is 0 Å². The molecule has 0 unspecified atom stereocenters. The van der Waals surface area contributed by atoms with Crippen molar-refractivity contribution in [3.05, 3.63) is 48.0 Å². The molecule has 2 aromatic carbocycles. The summed E-state index contributed by atoms with van der Waals surface area (Å²) < 4.78 is 31.1. The summed E-state index contributed by atoms with van der Waals surface area (Å²) in [5, 5.41) is 0.569. The minimum atomic E-state index is -3.56. The first kappa shape index (κ1) is 25.9. The fourth-order valence-corrected chi connectivity index (χ4v) is 6.02. The summed E-state index contributed by atoms with van der Waals surface area (Å²) in [6, 6.07) is 12.4. The molecule has 0 aliphatic carbocycles. The first-order chi connectivity index (χ1) is 15.4. The van der Waals surface area contributed by atoms with Gasteiger partial charge in [0.15, 0.2) is 15.0 Å². The van der Waals surface area contributed by atoms with E-state index in [1.165, 1.54) is 17.4 Å². The lowest BCUT2D eigenvalue weighted by Crippen LogP contribution is -2.43. The Kier molecular flexibility index (Phi) is 8.76. The molecular formula is C22H26ClN3O4S3. The van der Waals surface area contributed by atoms with Crippen LogP contribution >= 0.6 is 35.5 Å². The second kappa shape index (κ2) is 11.2. The Morgan fingerprint density at radius 2 is 1.94 bits per heavy atom. The second-order valence-electron chi connectivity index (χ2n) is 7.51. The van der Waals surface area contributed by atoms with Crippen LogP contribution in [0.25, 0.3) is 10.2 Å². The molecule has 1 aliphatic heterocycles. The third-order valence-electron chi connectivity index (χ3n) is 5.32. The summed E-state index contributed by atoms with van der Waals surface area (Å²) in [6.45, 7) is 4.01. The van der Waals surface area contributed by atoms with Gasteiger partial charge < -0.3 is 4.74 Å². The molecule has 0 bridgehead atoms. The smallest absolute Gasteiger partial charge is 0.261 e. The number of morpholine rings is 1. The van der Waals surface area contributed by atoms with Gasteiger partial charge in [0, 0.05) is 37.3 Å². The van der Waals surface area contributed by atoms with Crippen molar-refractivity contribution >= 4 is 66.6 Å². The van der Waals surface area contributed by atoms with Crippen molar-refractivity contribution in [1.29, 1.82) is 0 Å². The van der Waals surface area contributed by atoms with Gasteiger partial charge in [0.2, 0.25) is 0 Å². The van der Waals surface area contributed by atoms with Crippen LogP contribution in [-0.4, -0.2) is 76.1 Å². The molecule has 1 amide bonds. The number of sulfone groups is 1. The number of thioether (sulfide) groups is 1. The van der Waals surface area contributed by atoms with Crippen LogP contribution in [0, 0.1) is 0 Å². The van der Waals surface area contributed by atoms with E-state index in [0.29, 0.717) is 31.4 Å². The lowest BCUT2D eigenvalue weighted by Gasteiger charge is -2.29. The fraction of sp³-hybridized carbons (Fsp3) is 0.364. The molecule has 3 aromatic rings. The van der Waals surface area contributed by atoms with Crippen LogP contribution in [0.2, 0.25) is 0 Å². The first-order valence-electron chi connectivity index (χ1n) is 10.2. The normalized spacial score (nSPS) is 14.7. The number of thiazole rings is 1. The molecule has 1 fully saturated rings. The number of amides is 1. The van der Waals surface area contributed by atoms with Gasteiger partial charge in [-0.25, -0.2) is 13.4 Å². The van der Waals surface area contributed by atoms with Gasteiger partial charge in [0.25, 0.3) is 5.91 Å². The average Bonchev–Trinajstić information content (AvgIpc) is 3.22. The molecule has 178 valence electrons. The number of rotatable bonds is 7. The molecule has 7 nitrogen and oxygen atoms in total. The number of hydrogen-bond donors (Lipinski definition) is 0. The highest BCUT2D eigenvalue weighted by molar-refractivity contribution is 7.98. The van der Waals surface area contributed by atoms with Gasteiger partial charge >= 0.3 is 0 Å². The Bertz CT molecular complexity index is 1230. The molecule has 0 radical (unpaired) electrons. The number of fused-ring (bicyclic) bond motifs is 1. The van der Waals surface area contributed by atoms with Crippen LogP contribution in [0.1, 0.15) is 10.4 Å². The number of benzene rings is 2. The summed E-state index contributed by atoms with van der Waals surface area (Å²) in [4.78, 5) is 23.4. The van der Waals surface area contributed by atoms with Crippen molar-refractivity contribution in [2.75, 3.05) is 56.8 Å². The van der Waals surface area contributed by atoms with E-state index in [4.69, 9.17) is 9.72 Å². The summed E-state index contributed by atoms with van der Waals surface area (Å²) in [6.07, 6.45) is 3.14. The summed E-state index contributed by atoms with van der Waals surface area (Å²) in [7, 11) is -3.56. The van der Waals surface area contributed by atoms with Gasteiger partial charge in [-0.3, -0.25) is 14.6 Å². The Balaban J connectivity index is 0.00000306. The maximum atomic E-state index is 13.7. The van der Waals surface area contributed by atoms with Gasteiger partial charge in [0.05, 0.1) is 33.9 Å². The monoisotopic (exact) mass is 527 g/mol. The maximum absolute atomic E-state index is 13.7. The Morgan fingerprint density at radius 1 is 1.21 bits per heavy atom. The maximum Gasteiger partial charge on any atom is 0.261 e. The number of anilines is 1. The third kappa shape index (κ3) is 6.06. The topological polar surface area (TPSA) is 79.8 Å². The molecule has 33 heavy (non-hydrogen) atoms. The zero-order valence-corrected chi connectivity index (χ0v) is 21.7. The van der Waals surface area contributed by atoms with E-state index in [2.05, 4.69) is 11.0 Å². The third-order valence-corrected chi connectivity index (χ3v) is 8.24. The minimum Gasteiger partial charge on any atom is -0.379 e. The lowest BCUT2D eigenvalue weighted by molar-refractivity contribution is 0.0391. The van der Waals surface area contributed by atoms with Crippen LogP contribution in [0.3, 0.4) is 0 Å². The molecule has 1 saturated heterocycles. The Hall–Kier alpha value is -1.69. The van der Waals surface area contributed by atoms with Crippen LogP contribution in [0.5, 0.6) is 0 Å². The molecule has 4 rings (SSSR count). The first-order valence-corrected chi connectivity index (χ1v) is 14.2. The fourth-order valence-electron chi connectivity index (χ4n) is 3.60. The molecule has 0 atom stereocenters.